The third-order valence-corrected chi connectivity index (χ3v) is 14.7. The van der Waals surface area contributed by atoms with Gasteiger partial charge in [-0.2, -0.15) is 0 Å². The van der Waals surface area contributed by atoms with Gasteiger partial charge in [0.05, 0.1) is 16.8 Å². The molecule has 0 radical (unpaired) electrons. The average Bonchev–Trinajstić information content (AvgIpc) is 3.92. The number of aromatic nitrogens is 2. The van der Waals surface area contributed by atoms with E-state index in [1.807, 2.05) is 17.4 Å². The Morgan fingerprint density at radius 3 is 1.68 bits per heavy atom. The van der Waals surface area contributed by atoms with Crippen molar-refractivity contribution in [1.29, 1.82) is 0 Å². The molecule has 12 aromatic rings. The third kappa shape index (κ3) is 6.16. The Bertz CT molecular complexity index is 3770. The van der Waals surface area contributed by atoms with Crippen molar-refractivity contribution >= 4 is 42.3 Å². The highest BCUT2D eigenvalue weighted by Gasteiger charge is 2.46. The van der Waals surface area contributed by atoms with E-state index in [9.17, 15) is 0 Å². The van der Waals surface area contributed by atoms with E-state index in [-0.39, 0.29) is 0 Å². The molecule has 3 heteroatoms. The molecule has 66 heavy (non-hydrogen) atoms. The number of benzene rings is 10. The molecule has 0 amide bonds. The van der Waals surface area contributed by atoms with Crippen molar-refractivity contribution in [2.45, 2.75) is 5.41 Å². The van der Waals surface area contributed by atoms with Gasteiger partial charge in [0.2, 0.25) is 0 Å². The predicted octanol–water partition coefficient (Wildman–Crippen LogP) is 16.7. The zero-order valence-electron chi connectivity index (χ0n) is 35.9. The molecule has 2 heterocycles. The molecule has 2 aromatic heterocycles. The normalized spacial score (nSPS) is 12.7. The summed E-state index contributed by atoms with van der Waals surface area (Å²) in [6, 6.07) is 88.3. The SMILES string of the molecule is c1ccc(-c2nc(-c3cc(-c4ccc5c(c4)sc4ccccc45)cc(-c4cccc5ccccc45)c3)cc(-c3ccc4c(c3)-c3ccccc3C4(c3ccccc3)c3ccccc3)n2)cc1. The van der Waals surface area contributed by atoms with Gasteiger partial charge < -0.3 is 0 Å². The van der Waals surface area contributed by atoms with E-state index >= 15 is 0 Å². The summed E-state index contributed by atoms with van der Waals surface area (Å²) in [4.78, 5) is 10.8. The van der Waals surface area contributed by atoms with Crippen molar-refractivity contribution in [1.82, 2.24) is 9.97 Å². The lowest BCUT2D eigenvalue weighted by atomic mass is 9.67. The summed E-state index contributed by atoms with van der Waals surface area (Å²) in [7, 11) is 0. The van der Waals surface area contributed by atoms with Crippen LogP contribution in [0.3, 0.4) is 0 Å². The summed E-state index contributed by atoms with van der Waals surface area (Å²) < 4.78 is 2.58. The molecule has 1 aliphatic rings. The molecular weight excluding hydrogens is 817 g/mol. The van der Waals surface area contributed by atoms with E-state index in [0.717, 1.165) is 39.2 Å². The highest BCUT2D eigenvalue weighted by molar-refractivity contribution is 7.25. The molecular formula is C63H40N2S. The summed E-state index contributed by atoms with van der Waals surface area (Å²) in [5, 5.41) is 5.03. The van der Waals surface area contributed by atoms with Gasteiger partial charge >= 0.3 is 0 Å². The first-order valence-corrected chi connectivity index (χ1v) is 23.4. The van der Waals surface area contributed by atoms with Gasteiger partial charge in [0.15, 0.2) is 5.82 Å². The van der Waals surface area contributed by atoms with Gasteiger partial charge in [-0.05, 0) is 109 Å². The predicted molar refractivity (Wildman–Crippen MR) is 277 cm³/mol. The van der Waals surface area contributed by atoms with Gasteiger partial charge in [-0.25, -0.2) is 9.97 Å². The fraction of sp³-hybridized carbons (Fsp3) is 0.0159. The molecule has 0 N–H and O–H groups in total. The van der Waals surface area contributed by atoms with Gasteiger partial charge in [0.25, 0.3) is 0 Å². The van der Waals surface area contributed by atoms with E-state index in [2.05, 4.69) is 237 Å². The van der Waals surface area contributed by atoms with E-state index in [0.29, 0.717) is 5.82 Å². The first-order chi connectivity index (χ1) is 32.7. The lowest BCUT2D eigenvalue weighted by molar-refractivity contribution is 0.768. The number of rotatable bonds is 7. The van der Waals surface area contributed by atoms with Gasteiger partial charge in [0.1, 0.15) is 0 Å². The topological polar surface area (TPSA) is 25.8 Å². The molecule has 10 aromatic carbocycles. The first kappa shape index (κ1) is 38.2. The Morgan fingerprint density at radius 2 is 0.879 bits per heavy atom. The van der Waals surface area contributed by atoms with Crippen LogP contribution in [0.15, 0.2) is 243 Å². The maximum absolute atomic E-state index is 5.41. The Hall–Kier alpha value is -8.24. The number of thiophene rings is 1. The standard InChI is InChI=1S/C63H40N2S/c1-4-18-42(19-5-1)62-64-58(44-32-34-57-55(38-44)52-26-12-14-29-56(52)63(57,48-21-6-2-7-22-48)49-23-8-3-9-24-49)40-59(65-62)47-36-45(35-46(37-47)51-28-16-20-41-17-10-11-25-50(41)51)43-31-33-54-53-27-13-15-30-60(53)66-61(54)39-43/h1-40H. The molecule has 13 rings (SSSR count). The maximum atomic E-state index is 5.41. The maximum Gasteiger partial charge on any atom is 0.160 e. The van der Waals surface area contributed by atoms with Crippen LogP contribution >= 0.6 is 11.3 Å². The van der Waals surface area contributed by atoms with Crippen molar-refractivity contribution in [3.63, 3.8) is 0 Å². The Morgan fingerprint density at radius 1 is 0.303 bits per heavy atom. The van der Waals surface area contributed by atoms with Gasteiger partial charge in [-0.3, -0.25) is 0 Å². The lowest BCUT2D eigenvalue weighted by Crippen LogP contribution is -2.28. The monoisotopic (exact) mass is 856 g/mol. The van der Waals surface area contributed by atoms with Crippen molar-refractivity contribution in [3.05, 3.63) is 265 Å². The molecule has 0 saturated heterocycles. The summed E-state index contributed by atoms with van der Waals surface area (Å²) in [6.07, 6.45) is 0. The van der Waals surface area contributed by atoms with Crippen LogP contribution in [-0.2, 0) is 5.41 Å². The second-order valence-corrected chi connectivity index (χ2v) is 18.3. The van der Waals surface area contributed by atoms with E-state index < -0.39 is 5.41 Å². The molecule has 0 atom stereocenters. The summed E-state index contributed by atoms with van der Waals surface area (Å²) in [6.45, 7) is 0. The molecule has 0 spiro atoms. The first-order valence-electron chi connectivity index (χ1n) is 22.5. The molecule has 0 aliphatic heterocycles. The Balaban J connectivity index is 1.03. The summed E-state index contributed by atoms with van der Waals surface area (Å²) >= 11 is 1.85. The van der Waals surface area contributed by atoms with Crippen molar-refractivity contribution in [2.75, 3.05) is 0 Å². The second-order valence-electron chi connectivity index (χ2n) is 17.3. The highest BCUT2D eigenvalue weighted by atomic mass is 32.1. The minimum atomic E-state index is -0.476. The van der Waals surface area contributed by atoms with Gasteiger partial charge in [0, 0.05) is 36.9 Å². The molecule has 308 valence electrons. The fourth-order valence-electron chi connectivity index (χ4n) is 10.5. The number of hydrogen-bond acceptors (Lipinski definition) is 3. The average molecular weight is 857 g/mol. The van der Waals surface area contributed by atoms with Crippen LogP contribution in [0.5, 0.6) is 0 Å². The minimum absolute atomic E-state index is 0.476. The zero-order valence-corrected chi connectivity index (χ0v) is 36.7. The smallest absolute Gasteiger partial charge is 0.160 e. The Kier molecular flexibility index (Phi) is 8.97. The van der Waals surface area contributed by atoms with Crippen LogP contribution < -0.4 is 0 Å². The minimum Gasteiger partial charge on any atom is -0.228 e. The molecule has 1 aliphatic carbocycles. The van der Waals surface area contributed by atoms with E-state index in [1.54, 1.807) is 0 Å². The van der Waals surface area contributed by atoms with Gasteiger partial charge in [-0.15, -0.1) is 11.3 Å². The Labute approximate surface area is 387 Å². The lowest BCUT2D eigenvalue weighted by Gasteiger charge is -2.33. The van der Waals surface area contributed by atoms with Crippen LogP contribution in [0.1, 0.15) is 22.3 Å². The molecule has 0 saturated carbocycles. The third-order valence-electron chi connectivity index (χ3n) is 13.6. The molecule has 0 unspecified atom stereocenters. The van der Waals surface area contributed by atoms with Crippen LogP contribution in [0.2, 0.25) is 0 Å². The van der Waals surface area contributed by atoms with Crippen molar-refractivity contribution < 1.29 is 0 Å². The summed E-state index contributed by atoms with van der Waals surface area (Å²) in [5.74, 6) is 0.690. The van der Waals surface area contributed by atoms with E-state index in [4.69, 9.17) is 9.97 Å². The number of nitrogens with zero attached hydrogens (tertiary/aromatic N) is 2. The van der Waals surface area contributed by atoms with Crippen LogP contribution in [0.25, 0.3) is 98.2 Å². The largest absolute Gasteiger partial charge is 0.228 e. The molecule has 0 bridgehead atoms. The molecule has 0 fully saturated rings. The van der Waals surface area contributed by atoms with Gasteiger partial charge in [-0.1, -0.05) is 200 Å². The van der Waals surface area contributed by atoms with Crippen molar-refractivity contribution in [2.24, 2.45) is 0 Å². The highest BCUT2D eigenvalue weighted by Crippen LogP contribution is 2.56. The second kappa shape index (κ2) is 15.5. The fourth-order valence-corrected chi connectivity index (χ4v) is 11.7. The quantitative estimate of drug-likeness (QED) is 0.160. The zero-order chi connectivity index (χ0) is 43.6. The van der Waals surface area contributed by atoms with Crippen molar-refractivity contribution in [3.8, 4) is 67.3 Å². The number of fused-ring (bicyclic) bond motifs is 7. The van der Waals surface area contributed by atoms with Crippen LogP contribution in [-0.4, -0.2) is 9.97 Å². The van der Waals surface area contributed by atoms with E-state index in [1.165, 1.54) is 75.5 Å². The van der Waals surface area contributed by atoms with Crippen LogP contribution in [0, 0.1) is 0 Å². The number of hydrogen-bond donors (Lipinski definition) is 0. The van der Waals surface area contributed by atoms with Crippen LogP contribution in [0.4, 0.5) is 0 Å². The molecule has 2 nitrogen and oxygen atoms in total. The summed E-state index contributed by atoms with van der Waals surface area (Å²) in [5.41, 5.74) is 16.5.